The molecule has 0 bridgehead atoms. The summed E-state index contributed by atoms with van der Waals surface area (Å²) >= 11 is 11.5. The van der Waals surface area contributed by atoms with Crippen molar-refractivity contribution in [2.75, 3.05) is 4.72 Å². The van der Waals surface area contributed by atoms with E-state index in [4.69, 9.17) is 28.9 Å². The van der Waals surface area contributed by atoms with Gasteiger partial charge in [0.1, 0.15) is 10.7 Å². The molecule has 0 aliphatic carbocycles. The highest BCUT2D eigenvalue weighted by Crippen LogP contribution is 2.27. The number of hydrogen-bond donors (Lipinski definition) is 2. The molecule has 0 saturated carbocycles. The molecule has 0 heterocycles. The molecule has 0 saturated heterocycles. The van der Waals surface area contributed by atoms with Crippen molar-refractivity contribution in [3.8, 4) is 0 Å². The molecular weight excluding hydrogens is 338 g/mol. The van der Waals surface area contributed by atoms with Gasteiger partial charge in [0.25, 0.3) is 10.0 Å². The van der Waals surface area contributed by atoms with Crippen molar-refractivity contribution in [2.24, 2.45) is 5.73 Å². The van der Waals surface area contributed by atoms with Gasteiger partial charge in [0.2, 0.25) is 0 Å². The predicted octanol–water partition coefficient (Wildman–Crippen LogP) is 3.39. The first-order valence-corrected chi connectivity index (χ1v) is 8.04. The van der Waals surface area contributed by atoms with Crippen LogP contribution in [0.2, 0.25) is 10.0 Å². The topological polar surface area (TPSA) is 72.2 Å². The molecule has 0 radical (unpaired) electrons. The molecule has 0 atom stereocenters. The summed E-state index contributed by atoms with van der Waals surface area (Å²) in [6.07, 6.45) is 0. The Labute approximate surface area is 131 Å². The zero-order valence-corrected chi connectivity index (χ0v) is 12.9. The number of nitrogens with two attached hydrogens (primary N) is 1. The van der Waals surface area contributed by atoms with E-state index in [-0.39, 0.29) is 27.2 Å². The maximum absolute atomic E-state index is 13.7. The Morgan fingerprint density at radius 3 is 2.48 bits per heavy atom. The van der Waals surface area contributed by atoms with Crippen LogP contribution in [0.25, 0.3) is 0 Å². The first kappa shape index (κ1) is 16.0. The number of anilines is 1. The van der Waals surface area contributed by atoms with Gasteiger partial charge in [-0.25, -0.2) is 12.8 Å². The fourth-order valence-corrected chi connectivity index (χ4v) is 3.43. The predicted molar refractivity (Wildman–Crippen MR) is 81.6 cm³/mol. The number of benzene rings is 2. The normalized spacial score (nSPS) is 11.4. The lowest BCUT2D eigenvalue weighted by molar-refractivity contribution is 0.598. The molecule has 0 fully saturated rings. The van der Waals surface area contributed by atoms with Gasteiger partial charge in [0.15, 0.2) is 0 Å². The second kappa shape index (κ2) is 6.19. The first-order valence-electron chi connectivity index (χ1n) is 5.80. The number of nitrogens with one attached hydrogen (secondary N) is 1. The summed E-state index contributed by atoms with van der Waals surface area (Å²) in [5, 5.41) is 0.188. The van der Waals surface area contributed by atoms with Crippen molar-refractivity contribution in [2.45, 2.75) is 11.4 Å². The van der Waals surface area contributed by atoms with Crippen molar-refractivity contribution in [1.29, 1.82) is 0 Å². The molecule has 0 aromatic heterocycles. The molecule has 4 nitrogen and oxygen atoms in total. The zero-order valence-electron chi connectivity index (χ0n) is 10.6. The van der Waals surface area contributed by atoms with Gasteiger partial charge in [-0.3, -0.25) is 4.72 Å². The van der Waals surface area contributed by atoms with Gasteiger partial charge in [-0.2, -0.15) is 0 Å². The summed E-state index contributed by atoms with van der Waals surface area (Å²) in [6, 6.07) is 8.01. The standard InChI is InChI=1S/C13H11Cl2FN2O2S/c14-9-2-4-12(11(16)6-9)18-21(19,20)13-5-8(7-17)1-3-10(13)15/h1-6,18H,7,17H2. The molecule has 2 aromatic rings. The molecule has 112 valence electrons. The van der Waals surface area contributed by atoms with Crippen LogP contribution in [0.1, 0.15) is 5.56 Å². The zero-order chi connectivity index (χ0) is 15.6. The molecule has 21 heavy (non-hydrogen) atoms. The van der Waals surface area contributed by atoms with E-state index in [0.717, 1.165) is 6.07 Å². The fourth-order valence-electron chi connectivity index (χ4n) is 1.65. The van der Waals surface area contributed by atoms with Crippen molar-refractivity contribution in [3.63, 3.8) is 0 Å². The van der Waals surface area contributed by atoms with E-state index in [1.54, 1.807) is 6.07 Å². The SMILES string of the molecule is NCc1ccc(Cl)c(S(=O)(=O)Nc2ccc(Cl)cc2F)c1. The minimum absolute atomic E-state index is 0.0223. The van der Waals surface area contributed by atoms with Crippen LogP contribution in [0.3, 0.4) is 0 Å². The average molecular weight is 349 g/mol. The van der Waals surface area contributed by atoms with Gasteiger partial charge in [-0.15, -0.1) is 0 Å². The second-order valence-corrected chi connectivity index (χ2v) is 6.69. The van der Waals surface area contributed by atoms with E-state index < -0.39 is 15.8 Å². The largest absolute Gasteiger partial charge is 0.326 e. The highest BCUT2D eigenvalue weighted by atomic mass is 35.5. The van der Waals surface area contributed by atoms with Crippen LogP contribution < -0.4 is 10.5 Å². The quantitative estimate of drug-likeness (QED) is 0.889. The van der Waals surface area contributed by atoms with Gasteiger partial charge in [0, 0.05) is 11.6 Å². The molecule has 2 rings (SSSR count). The van der Waals surface area contributed by atoms with Crippen molar-refractivity contribution in [3.05, 3.63) is 57.8 Å². The fraction of sp³-hybridized carbons (Fsp3) is 0.0769. The molecule has 0 aliphatic rings. The molecule has 0 unspecified atom stereocenters. The third kappa shape index (κ3) is 3.65. The van der Waals surface area contributed by atoms with E-state index in [1.807, 2.05) is 0 Å². The number of rotatable bonds is 4. The number of hydrogen-bond acceptors (Lipinski definition) is 3. The number of sulfonamides is 1. The van der Waals surface area contributed by atoms with Gasteiger partial charge in [-0.1, -0.05) is 29.3 Å². The monoisotopic (exact) mass is 348 g/mol. The first-order chi connectivity index (χ1) is 9.83. The Balaban J connectivity index is 2.43. The third-order valence-electron chi connectivity index (χ3n) is 2.70. The van der Waals surface area contributed by atoms with Gasteiger partial charge >= 0.3 is 0 Å². The van der Waals surface area contributed by atoms with E-state index in [9.17, 15) is 12.8 Å². The maximum atomic E-state index is 13.7. The molecule has 2 aromatic carbocycles. The maximum Gasteiger partial charge on any atom is 0.263 e. The van der Waals surface area contributed by atoms with Crippen LogP contribution in [0.4, 0.5) is 10.1 Å². The lowest BCUT2D eigenvalue weighted by atomic mass is 10.2. The summed E-state index contributed by atoms with van der Waals surface area (Å²) in [5.74, 6) is -0.780. The van der Waals surface area contributed by atoms with E-state index >= 15 is 0 Å². The molecule has 0 amide bonds. The van der Waals surface area contributed by atoms with E-state index in [0.29, 0.717) is 5.56 Å². The van der Waals surface area contributed by atoms with Crippen LogP contribution in [0, 0.1) is 5.82 Å². The van der Waals surface area contributed by atoms with Crippen LogP contribution in [-0.2, 0) is 16.6 Å². The lowest BCUT2D eigenvalue weighted by Gasteiger charge is -2.11. The Morgan fingerprint density at radius 1 is 1.14 bits per heavy atom. The summed E-state index contributed by atoms with van der Waals surface area (Å²) < 4.78 is 40.4. The van der Waals surface area contributed by atoms with Crippen molar-refractivity contribution in [1.82, 2.24) is 0 Å². The number of halogens is 3. The van der Waals surface area contributed by atoms with Crippen LogP contribution in [0.15, 0.2) is 41.3 Å². The molecule has 8 heteroatoms. The van der Waals surface area contributed by atoms with Crippen LogP contribution in [-0.4, -0.2) is 8.42 Å². The second-order valence-electron chi connectivity index (χ2n) is 4.20. The molecule has 0 spiro atoms. The summed E-state index contributed by atoms with van der Waals surface area (Å²) in [5.41, 5.74) is 5.85. The lowest BCUT2D eigenvalue weighted by Crippen LogP contribution is -2.15. The van der Waals surface area contributed by atoms with E-state index in [1.165, 1.54) is 24.3 Å². The summed E-state index contributed by atoms with van der Waals surface area (Å²) in [6.45, 7) is 0.162. The minimum Gasteiger partial charge on any atom is -0.326 e. The Hall–Kier alpha value is -1.34. The molecule has 0 aliphatic heterocycles. The highest BCUT2D eigenvalue weighted by molar-refractivity contribution is 7.92. The Morgan fingerprint density at radius 2 is 1.86 bits per heavy atom. The Kier molecular flexibility index (Phi) is 4.73. The summed E-state index contributed by atoms with van der Waals surface area (Å²) in [4.78, 5) is -0.165. The Bertz CT molecular complexity index is 782. The van der Waals surface area contributed by atoms with Crippen molar-refractivity contribution >= 4 is 38.9 Å². The molecular formula is C13H11Cl2FN2O2S. The van der Waals surface area contributed by atoms with Crippen LogP contribution in [0.5, 0.6) is 0 Å². The van der Waals surface area contributed by atoms with Gasteiger partial charge < -0.3 is 5.73 Å². The average Bonchev–Trinajstić information content (AvgIpc) is 2.42. The molecule has 3 N–H and O–H groups in total. The van der Waals surface area contributed by atoms with E-state index in [2.05, 4.69) is 4.72 Å². The van der Waals surface area contributed by atoms with Gasteiger partial charge in [0.05, 0.1) is 10.7 Å². The van der Waals surface area contributed by atoms with Crippen molar-refractivity contribution < 1.29 is 12.8 Å². The summed E-state index contributed by atoms with van der Waals surface area (Å²) in [7, 11) is -4.03. The van der Waals surface area contributed by atoms with Gasteiger partial charge in [-0.05, 0) is 35.9 Å². The minimum atomic E-state index is -4.03. The third-order valence-corrected chi connectivity index (χ3v) is 4.78. The smallest absolute Gasteiger partial charge is 0.263 e. The highest BCUT2D eigenvalue weighted by Gasteiger charge is 2.20. The van der Waals surface area contributed by atoms with Crippen LogP contribution >= 0.6 is 23.2 Å².